The Morgan fingerprint density at radius 3 is 2.65 bits per heavy atom. The number of benzene rings is 1. The Kier molecular flexibility index (Phi) is 4.95. The zero-order valence-electron chi connectivity index (χ0n) is 11.4. The number of nitrogens with zero attached hydrogens (tertiary/aromatic N) is 1. The Hall–Kier alpha value is -2.08. The van der Waals surface area contributed by atoms with E-state index in [1.807, 2.05) is 30.3 Å². The van der Waals surface area contributed by atoms with Gasteiger partial charge in [-0.15, -0.1) is 0 Å². The van der Waals surface area contributed by atoms with Crippen LogP contribution in [0.4, 0.5) is 4.79 Å². The third-order valence-electron chi connectivity index (χ3n) is 3.11. The fraction of sp³-hybridized carbons (Fsp3) is 0.429. The number of nitrogens with one attached hydrogen (secondary N) is 1. The summed E-state index contributed by atoms with van der Waals surface area (Å²) in [7, 11) is 1.51. The molecule has 2 amide bonds. The second-order valence-corrected chi connectivity index (χ2v) is 4.62. The summed E-state index contributed by atoms with van der Waals surface area (Å²) in [6, 6.07) is 9.48. The molecule has 6 heteroatoms. The zero-order chi connectivity index (χ0) is 14.4. The van der Waals surface area contributed by atoms with E-state index in [0.717, 1.165) is 5.56 Å². The van der Waals surface area contributed by atoms with Gasteiger partial charge >= 0.3 is 6.09 Å². The number of hydrogen-bond acceptors (Lipinski definition) is 4. The second kappa shape index (κ2) is 6.91. The third kappa shape index (κ3) is 3.71. The maximum Gasteiger partial charge on any atom is 0.410 e. The van der Waals surface area contributed by atoms with E-state index in [0.29, 0.717) is 13.1 Å². The Morgan fingerprint density at radius 2 is 2.00 bits per heavy atom. The van der Waals surface area contributed by atoms with Crippen molar-refractivity contribution in [2.75, 3.05) is 26.9 Å². The standard InChI is InChI=1S/C14H18N2O4/c1-19-10-15-13(17)12-7-16(8-12)14(18)20-9-11-5-3-2-4-6-11/h2-6,12H,7-10H2,1H3,(H,15,17). The molecule has 0 radical (unpaired) electrons. The SMILES string of the molecule is COCNC(=O)C1CN(C(=O)OCc2ccccc2)C1. The first kappa shape index (κ1) is 14.3. The number of methoxy groups -OCH3 is 1. The summed E-state index contributed by atoms with van der Waals surface area (Å²) in [5.41, 5.74) is 0.941. The van der Waals surface area contributed by atoms with E-state index in [1.165, 1.54) is 12.0 Å². The van der Waals surface area contributed by atoms with Crippen molar-refractivity contribution in [3.05, 3.63) is 35.9 Å². The van der Waals surface area contributed by atoms with Gasteiger partial charge in [0.05, 0.1) is 5.92 Å². The van der Waals surface area contributed by atoms with Crippen LogP contribution < -0.4 is 5.32 Å². The van der Waals surface area contributed by atoms with Gasteiger partial charge in [-0.2, -0.15) is 0 Å². The smallest absolute Gasteiger partial charge is 0.410 e. The summed E-state index contributed by atoms with van der Waals surface area (Å²) in [5.74, 6) is -0.270. The molecule has 1 aromatic carbocycles. The minimum absolute atomic E-state index is 0.0982. The van der Waals surface area contributed by atoms with Gasteiger partial charge < -0.3 is 19.7 Å². The van der Waals surface area contributed by atoms with Crippen molar-refractivity contribution in [1.82, 2.24) is 10.2 Å². The van der Waals surface area contributed by atoms with Crippen LogP contribution in [0.3, 0.4) is 0 Å². The lowest BCUT2D eigenvalue weighted by atomic mass is 10.0. The normalized spacial score (nSPS) is 14.6. The first-order chi connectivity index (χ1) is 9.70. The van der Waals surface area contributed by atoms with Gasteiger partial charge in [0.1, 0.15) is 13.3 Å². The van der Waals surface area contributed by atoms with E-state index in [-0.39, 0.29) is 31.3 Å². The molecule has 0 saturated carbocycles. The molecule has 1 N–H and O–H groups in total. The van der Waals surface area contributed by atoms with Gasteiger partial charge in [-0.25, -0.2) is 4.79 Å². The van der Waals surface area contributed by atoms with Crippen LogP contribution in [0.25, 0.3) is 0 Å². The lowest BCUT2D eigenvalue weighted by Crippen LogP contribution is -2.55. The van der Waals surface area contributed by atoms with Crippen LogP contribution >= 0.6 is 0 Å². The average Bonchev–Trinajstić information content (AvgIpc) is 2.42. The van der Waals surface area contributed by atoms with E-state index in [1.54, 1.807) is 0 Å². The number of hydrogen-bond donors (Lipinski definition) is 1. The molecule has 1 aromatic rings. The van der Waals surface area contributed by atoms with Crippen molar-refractivity contribution in [3.63, 3.8) is 0 Å². The zero-order valence-corrected chi connectivity index (χ0v) is 11.4. The molecule has 0 atom stereocenters. The van der Waals surface area contributed by atoms with Gasteiger partial charge in [0.25, 0.3) is 0 Å². The minimum Gasteiger partial charge on any atom is -0.445 e. The summed E-state index contributed by atoms with van der Waals surface area (Å²) in [4.78, 5) is 24.8. The number of amides is 2. The Bertz CT molecular complexity index is 458. The molecule has 1 saturated heterocycles. The molecule has 0 bridgehead atoms. The molecule has 0 aromatic heterocycles. The molecule has 6 nitrogen and oxygen atoms in total. The molecule has 0 aliphatic carbocycles. The number of ether oxygens (including phenoxy) is 2. The molecule has 0 spiro atoms. The Morgan fingerprint density at radius 1 is 1.30 bits per heavy atom. The molecular formula is C14H18N2O4. The topological polar surface area (TPSA) is 67.9 Å². The molecule has 2 rings (SSSR count). The van der Waals surface area contributed by atoms with Crippen molar-refractivity contribution in [1.29, 1.82) is 0 Å². The molecule has 108 valence electrons. The van der Waals surface area contributed by atoms with Crippen LogP contribution in [0.2, 0.25) is 0 Å². The number of carbonyl (C=O) groups excluding carboxylic acids is 2. The maximum atomic E-state index is 11.7. The number of rotatable bonds is 5. The summed E-state index contributed by atoms with van der Waals surface area (Å²) in [6.07, 6.45) is -0.385. The van der Waals surface area contributed by atoms with Crippen LogP contribution in [0.15, 0.2) is 30.3 Å². The fourth-order valence-corrected chi connectivity index (χ4v) is 1.89. The minimum atomic E-state index is -0.385. The van der Waals surface area contributed by atoms with E-state index in [4.69, 9.17) is 9.47 Å². The van der Waals surface area contributed by atoms with Crippen molar-refractivity contribution >= 4 is 12.0 Å². The molecule has 1 heterocycles. The molecule has 1 aliphatic rings. The Balaban J connectivity index is 1.67. The highest BCUT2D eigenvalue weighted by Crippen LogP contribution is 2.17. The van der Waals surface area contributed by atoms with Gasteiger partial charge in [-0.05, 0) is 5.56 Å². The highest BCUT2D eigenvalue weighted by molar-refractivity contribution is 5.82. The van der Waals surface area contributed by atoms with Gasteiger partial charge in [0.2, 0.25) is 5.91 Å². The van der Waals surface area contributed by atoms with Crippen molar-refractivity contribution in [3.8, 4) is 0 Å². The predicted octanol–water partition coefficient (Wildman–Crippen LogP) is 0.975. The largest absolute Gasteiger partial charge is 0.445 e. The summed E-state index contributed by atoms with van der Waals surface area (Å²) in [6.45, 7) is 1.22. The van der Waals surface area contributed by atoms with Crippen LogP contribution in [-0.2, 0) is 20.9 Å². The number of likely N-dealkylation sites (tertiary alicyclic amines) is 1. The van der Waals surface area contributed by atoms with Crippen LogP contribution in [0, 0.1) is 5.92 Å². The van der Waals surface area contributed by atoms with E-state index in [9.17, 15) is 9.59 Å². The van der Waals surface area contributed by atoms with Crippen LogP contribution in [-0.4, -0.2) is 43.8 Å². The van der Waals surface area contributed by atoms with E-state index in [2.05, 4.69) is 5.32 Å². The summed E-state index contributed by atoms with van der Waals surface area (Å²) in [5, 5.41) is 2.61. The van der Waals surface area contributed by atoms with Gasteiger partial charge in [-0.1, -0.05) is 30.3 Å². The van der Waals surface area contributed by atoms with Crippen molar-refractivity contribution in [2.45, 2.75) is 6.61 Å². The lowest BCUT2D eigenvalue weighted by Gasteiger charge is -2.37. The molecular weight excluding hydrogens is 260 g/mol. The average molecular weight is 278 g/mol. The second-order valence-electron chi connectivity index (χ2n) is 4.62. The molecule has 0 unspecified atom stereocenters. The first-order valence-corrected chi connectivity index (χ1v) is 6.43. The third-order valence-corrected chi connectivity index (χ3v) is 3.11. The molecule has 1 fully saturated rings. The van der Waals surface area contributed by atoms with Crippen LogP contribution in [0.1, 0.15) is 5.56 Å². The van der Waals surface area contributed by atoms with Gasteiger partial charge in [0.15, 0.2) is 0 Å². The summed E-state index contributed by atoms with van der Waals surface area (Å²) < 4.78 is 9.93. The van der Waals surface area contributed by atoms with E-state index < -0.39 is 0 Å². The van der Waals surface area contributed by atoms with Gasteiger partial charge in [-0.3, -0.25) is 4.79 Å². The fourth-order valence-electron chi connectivity index (χ4n) is 1.89. The first-order valence-electron chi connectivity index (χ1n) is 6.43. The number of carbonyl (C=O) groups is 2. The van der Waals surface area contributed by atoms with Gasteiger partial charge in [0, 0.05) is 20.2 Å². The molecule has 20 heavy (non-hydrogen) atoms. The van der Waals surface area contributed by atoms with Crippen LogP contribution in [0.5, 0.6) is 0 Å². The van der Waals surface area contributed by atoms with Crippen molar-refractivity contribution in [2.24, 2.45) is 5.92 Å². The highest BCUT2D eigenvalue weighted by Gasteiger charge is 2.36. The quantitative estimate of drug-likeness (QED) is 0.815. The lowest BCUT2D eigenvalue weighted by molar-refractivity contribution is -0.130. The molecule has 1 aliphatic heterocycles. The predicted molar refractivity (Wildman–Crippen MR) is 71.7 cm³/mol. The van der Waals surface area contributed by atoms with Crippen molar-refractivity contribution < 1.29 is 19.1 Å². The van der Waals surface area contributed by atoms with E-state index >= 15 is 0 Å². The monoisotopic (exact) mass is 278 g/mol. The maximum absolute atomic E-state index is 11.7. The Labute approximate surface area is 117 Å². The highest BCUT2D eigenvalue weighted by atomic mass is 16.6. The summed E-state index contributed by atoms with van der Waals surface area (Å²) >= 11 is 0.